The number of carbonyl (C=O) groups excluding carboxylic acids is 1. The highest BCUT2D eigenvalue weighted by molar-refractivity contribution is 5.81. The summed E-state index contributed by atoms with van der Waals surface area (Å²) in [7, 11) is 0. The van der Waals surface area contributed by atoms with Crippen LogP contribution in [0.1, 0.15) is 24.6 Å². The number of likely N-dealkylation sites (tertiary alicyclic amines) is 1. The van der Waals surface area contributed by atoms with Crippen molar-refractivity contribution in [3.8, 4) is 0 Å². The molecular weight excluding hydrogens is 368 g/mol. The second-order valence-electron chi connectivity index (χ2n) is 7.33. The van der Waals surface area contributed by atoms with Gasteiger partial charge in [0.2, 0.25) is 11.3 Å². The number of nitrogens with zero attached hydrogens (tertiary/aromatic N) is 6. The monoisotopic (exact) mass is 388 g/mol. The Balaban J connectivity index is 1.30. The van der Waals surface area contributed by atoms with Gasteiger partial charge in [-0.2, -0.15) is 5.10 Å². The average molecular weight is 388 g/mol. The largest absolute Gasteiger partial charge is 0.341 e. The summed E-state index contributed by atoms with van der Waals surface area (Å²) in [5.74, 6) is 1.25. The van der Waals surface area contributed by atoms with Crippen molar-refractivity contribution >= 4 is 22.5 Å². The van der Waals surface area contributed by atoms with Gasteiger partial charge >= 0.3 is 0 Å². The van der Waals surface area contributed by atoms with Crippen LogP contribution in [0.25, 0.3) is 16.6 Å². The standard InChI is InChI=1S/C21H20N6O2/c28-18-13-22-27(17-6-2-1-5-16(17)18)14-20(29)25-11-8-15(9-12-25)21-24-23-19-7-3-4-10-26(19)21/h1-7,10,13,15H,8-9,11-12,14H2. The first-order valence-electron chi connectivity index (χ1n) is 9.73. The Hall–Kier alpha value is -3.55. The van der Waals surface area contributed by atoms with Gasteiger partial charge in [0.1, 0.15) is 12.4 Å². The lowest BCUT2D eigenvalue weighted by atomic mass is 9.96. The molecule has 0 aliphatic carbocycles. The number of piperidine rings is 1. The van der Waals surface area contributed by atoms with E-state index in [1.807, 2.05) is 51.9 Å². The first kappa shape index (κ1) is 17.5. The number of rotatable bonds is 3. The van der Waals surface area contributed by atoms with Crippen molar-refractivity contribution in [3.05, 3.63) is 70.9 Å². The zero-order valence-electron chi connectivity index (χ0n) is 15.8. The van der Waals surface area contributed by atoms with Crippen LogP contribution in [0.2, 0.25) is 0 Å². The third kappa shape index (κ3) is 3.16. The van der Waals surface area contributed by atoms with E-state index in [-0.39, 0.29) is 23.8 Å². The van der Waals surface area contributed by atoms with Gasteiger partial charge < -0.3 is 4.90 Å². The first-order chi connectivity index (χ1) is 14.2. The Morgan fingerprint density at radius 3 is 2.69 bits per heavy atom. The fourth-order valence-corrected chi connectivity index (χ4v) is 4.04. The van der Waals surface area contributed by atoms with Crippen LogP contribution in [-0.4, -0.2) is 48.3 Å². The number of benzene rings is 1. The molecule has 5 rings (SSSR count). The maximum absolute atomic E-state index is 12.9. The summed E-state index contributed by atoms with van der Waals surface area (Å²) in [6.45, 7) is 1.46. The molecule has 1 fully saturated rings. The normalized spacial score (nSPS) is 15.2. The van der Waals surface area contributed by atoms with E-state index >= 15 is 0 Å². The molecule has 29 heavy (non-hydrogen) atoms. The number of pyridine rings is 1. The van der Waals surface area contributed by atoms with Crippen LogP contribution >= 0.6 is 0 Å². The molecule has 0 N–H and O–H groups in total. The van der Waals surface area contributed by atoms with Gasteiger partial charge in [0, 0.05) is 30.6 Å². The molecule has 0 saturated carbocycles. The fourth-order valence-electron chi connectivity index (χ4n) is 4.04. The smallest absolute Gasteiger partial charge is 0.244 e. The van der Waals surface area contributed by atoms with Gasteiger partial charge in [-0.1, -0.05) is 18.2 Å². The molecule has 4 aromatic rings. The quantitative estimate of drug-likeness (QED) is 0.535. The van der Waals surface area contributed by atoms with Gasteiger partial charge in [0.05, 0.1) is 11.7 Å². The lowest BCUT2D eigenvalue weighted by Crippen LogP contribution is -2.40. The van der Waals surface area contributed by atoms with Crippen LogP contribution in [0.3, 0.4) is 0 Å². The summed E-state index contributed by atoms with van der Waals surface area (Å²) in [6, 6.07) is 13.1. The lowest BCUT2D eigenvalue weighted by molar-refractivity contribution is -0.133. The number of aromatic nitrogens is 5. The first-order valence-corrected chi connectivity index (χ1v) is 9.73. The molecule has 0 spiro atoms. The van der Waals surface area contributed by atoms with E-state index in [1.54, 1.807) is 10.7 Å². The molecule has 1 amide bonds. The number of fused-ring (bicyclic) bond motifs is 2. The predicted octanol–water partition coefficient (Wildman–Crippen LogP) is 1.85. The summed E-state index contributed by atoms with van der Waals surface area (Å²) < 4.78 is 3.63. The number of para-hydroxylation sites is 1. The summed E-state index contributed by atoms with van der Waals surface area (Å²) in [6.07, 6.45) is 4.95. The van der Waals surface area contributed by atoms with Crippen molar-refractivity contribution in [2.75, 3.05) is 13.1 Å². The number of carbonyl (C=O) groups is 1. The second kappa shape index (κ2) is 7.12. The van der Waals surface area contributed by atoms with Crippen LogP contribution in [0, 0.1) is 0 Å². The number of hydrogen-bond acceptors (Lipinski definition) is 5. The molecule has 146 valence electrons. The van der Waals surface area contributed by atoms with E-state index in [9.17, 15) is 9.59 Å². The van der Waals surface area contributed by atoms with Crippen LogP contribution in [0.4, 0.5) is 0 Å². The molecule has 1 aromatic carbocycles. The molecule has 8 heteroatoms. The average Bonchev–Trinajstić information content (AvgIpc) is 3.20. The van der Waals surface area contributed by atoms with Crippen molar-refractivity contribution in [2.45, 2.75) is 25.3 Å². The summed E-state index contributed by atoms with van der Waals surface area (Å²) in [5.41, 5.74) is 1.39. The van der Waals surface area contributed by atoms with E-state index in [0.717, 1.165) is 24.3 Å². The summed E-state index contributed by atoms with van der Waals surface area (Å²) in [5, 5.41) is 13.3. The molecule has 8 nitrogen and oxygen atoms in total. The molecule has 4 heterocycles. The Bertz CT molecular complexity index is 1250. The Morgan fingerprint density at radius 1 is 1.03 bits per heavy atom. The van der Waals surface area contributed by atoms with Crippen LogP contribution in [-0.2, 0) is 11.3 Å². The molecule has 0 atom stereocenters. The van der Waals surface area contributed by atoms with Crippen LogP contribution < -0.4 is 5.43 Å². The zero-order chi connectivity index (χ0) is 19.8. The van der Waals surface area contributed by atoms with Crippen molar-refractivity contribution < 1.29 is 4.79 Å². The second-order valence-corrected chi connectivity index (χ2v) is 7.33. The van der Waals surface area contributed by atoms with E-state index in [1.165, 1.54) is 6.20 Å². The molecule has 0 bridgehead atoms. The SMILES string of the molecule is O=C(Cn1ncc(=O)c2ccccc21)N1CCC(c2nnc3ccccn23)CC1. The van der Waals surface area contributed by atoms with Crippen molar-refractivity contribution in [1.82, 2.24) is 29.3 Å². The van der Waals surface area contributed by atoms with Gasteiger partial charge in [0.25, 0.3) is 0 Å². The topological polar surface area (TPSA) is 85.4 Å². The summed E-state index contributed by atoms with van der Waals surface area (Å²) in [4.78, 5) is 26.7. The maximum atomic E-state index is 12.9. The minimum atomic E-state index is -0.134. The third-order valence-electron chi connectivity index (χ3n) is 5.60. The van der Waals surface area contributed by atoms with Gasteiger partial charge in [-0.3, -0.25) is 18.7 Å². The Kier molecular flexibility index (Phi) is 4.31. The van der Waals surface area contributed by atoms with Crippen LogP contribution in [0.15, 0.2) is 59.7 Å². The predicted molar refractivity (Wildman–Crippen MR) is 108 cm³/mol. The van der Waals surface area contributed by atoms with Crippen molar-refractivity contribution in [3.63, 3.8) is 0 Å². The molecule has 1 saturated heterocycles. The van der Waals surface area contributed by atoms with Gasteiger partial charge in [-0.15, -0.1) is 10.2 Å². The highest BCUT2D eigenvalue weighted by atomic mass is 16.2. The highest BCUT2D eigenvalue weighted by Gasteiger charge is 2.27. The van der Waals surface area contributed by atoms with E-state index in [2.05, 4.69) is 15.3 Å². The maximum Gasteiger partial charge on any atom is 0.244 e. The minimum absolute atomic E-state index is 0.0100. The molecule has 1 aliphatic heterocycles. The van der Waals surface area contributed by atoms with Crippen molar-refractivity contribution in [1.29, 1.82) is 0 Å². The zero-order valence-corrected chi connectivity index (χ0v) is 15.8. The molecule has 0 radical (unpaired) electrons. The molecule has 0 unspecified atom stereocenters. The molecule has 1 aliphatic rings. The minimum Gasteiger partial charge on any atom is -0.341 e. The fraction of sp³-hybridized carbons (Fsp3) is 0.286. The van der Waals surface area contributed by atoms with Gasteiger partial charge in [0.15, 0.2) is 5.65 Å². The van der Waals surface area contributed by atoms with Gasteiger partial charge in [-0.25, -0.2) is 0 Å². The molecule has 3 aromatic heterocycles. The number of hydrogen-bond donors (Lipinski definition) is 0. The number of amides is 1. The van der Waals surface area contributed by atoms with E-state index < -0.39 is 0 Å². The lowest BCUT2D eigenvalue weighted by Gasteiger charge is -2.31. The van der Waals surface area contributed by atoms with E-state index in [4.69, 9.17) is 0 Å². The Morgan fingerprint density at radius 2 is 1.83 bits per heavy atom. The van der Waals surface area contributed by atoms with Crippen LogP contribution in [0.5, 0.6) is 0 Å². The third-order valence-corrected chi connectivity index (χ3v) is 5.60. The molecular formula is C21H20N6O2. The highest BCUT2D eigenvalue weighted by Crippen LogP contribution is 2.27. The van der Waals surface area contributed by atoms with Crippen molar-refractivity contribution in [2.24, 2.45) is 0 Å². The van der Waals surface area contributed by atoms with E-state index in [0.29, 0.717) is 24.0 Å². The summed E-state index contributed by atoms with van der Waals surface area (Å²) >= 11 is 0. The van der Waals surface area contributed by atoms with Gasteiger partial charge in [-0.05, 0) is 37.1 Å². The Labute approximate surface area is 166 Å².